The van der Waals surface area contributed by atoms with Gasteiger partial charge in [0.25, 0.3) is 0 Å². The first-order valence-corrected chi connectivity index (χ1v) is 8.00. The van der Waals surface area contributed by atoms with E-state index in [2.05, 4.69) is 10.2 Å². The van der Waals surface area contributed by atoms with Gasteiger partial charge in [-0.2, -0.15) is 10.2 Å². The molecule has 2 aromatic heterocycles. The molecule has 1 aromatic carbocycles. The fourth-order valence-electron chi connectivity index (χ4n) is 2.69. The van der Waals surface area contributed by atoms with Crippen LogP contribution in [0.25, 0.3) is 5.69 Å². The second-order valence-electron chi connectivity index (χ2n) is 5.96. The number of hydrogen-bond donors (Lipinski definition) is 1. The van der Waals surface area contributed by atoms with E-state index in [0.29, 0.717) is 25.5 Å². The number of ether oxygens (including phenoxy) is 2. The Morgan fingerprint density at radius 1 is 1.24 bits per heavy atom. The number of aromatic nitrogens is 4. The molecule has 8 heteroatoms. The van der Waals surface area contributed by atoms with Crippen LogP contribution in [0.4, 0.5) is 4.39 Å². The number of hydrogen-bond acceptors (Lipinski definition) is 5. The Hall–Kier alpha value is -2.71. The quantitative estimate of drug-likeness (QED) is 0.757. The monoisotopic (exact) mass is 343 g/mol. The number of benzene rings is 1. The molecule has 1 aliphatic heterocycles. The summed E-state index contributed by atoms with van der Waals surface area (Å²) >= 11 is 0. The molecule has 0 aliphatic carbocycles. The zero-order valence-electron chi connectivity index (χ0n) is 13.5. The van der Waals surface area contributed by atoms with Gasteiger partial charge in [0.2, 0.25) is 0 Å². The van der Waals surface area contributed by atoms with Gasteiger partial charge in [-0.15, -0.1) is 0 Å². The summed E-state index contributed by atoms with van der Waals surface area (Å²) in [5, 5.41) is 8.77. The Bertz CT molecular complexity index is 845. The Balaban J connectivity index is 1.42. The predicted molar refractivity (Wildman–Crippen MR) is 88.1 cm³/mol. The van der Waals surface area contributed by atoms with Crippen LogP contribution in [0.15, 0.2) is 48.9 Å². The minimum absolute atomic E-state index is 0.116. The molecule has 0 saturated carbocycles. The van der Waals surface area contributed by atoms with Crippen molar-refractivity contribution in [2.45, 2.75) is 18.7 Å². The molecule has 7 nitrogen and oxygen atoms in total. The van der Waals surface area contributed by atoms with E-state index in [1.54, 1.807) is 27.7 Å². The normalized spacial score (nSPS) is 20.1. The first kappa shape index (κ1) is 15.8. The molecule has 0 radical (unpaired) electrons. The molecule has 3 heterocycles. The summed E-state index contributed by atoms with van der Waals surface area (Å²) < 4.78 is 27.5. The largest absolute Gasteiger partial charge is 0.483 e. The van der Waals surface area contributed by atoms with Gasteiger partial charge in [0, 0.05) is 6.20 Å². The van der Waals surface area contributed by atoms with E-state index in [9.17, 15) is 4.39 Å². The van der Waals surface area contributed by atoms with Crippen molar-refractivity contribution in [3.8, 4) is 11.4 Å². The van der Waals surface area contributed by atoms with Crippen LogP contribution in [0.1, 0.15) is 5.69 Å². The first-order chi connectivity index (χ1) is 12.2. The third-order valence-corrected chi connectivity index (χ3v) is 4.03. The Morgan fingerprint density at radius 2 is 2.08 bits per heavy atom. The lowest BCUT2D eigenvalue weighted by Crippen LogP contribution is -2.37. The molecule has 2 N–H and O–H groups in total. The van der Waals surface area contributed by atoms with E-state index in [0.717, 1.165) is 11.4 Å². The second-order valence-corrected chi connectivity index (χ2v) is 5.96. The zero-order chi connectivity index (χ0) is 17.2. The van der Waals surface area contributed by atoms with Gasteiger partial charge in [-0.3, -0.25) is 4.68 Å². The number of rotatable bonds is 5. The van der Waals surface area contributed by atoms with Gasteiger partial charge >= 0.3 is 0 Å². The lowest BCUT2D eigenvalue weighted by molar-refractivity contribution is 0.140. The van der Waals surface area contributed by atoms with E-state index in [4.69, 9.17) is 15.2 Å². The number of halogens is 1. The average molecular weight is 343 g/mol. The first-order valence-electron chi connectivity index (χ1n) is 8.00. The van der Waals surface area contributed by atoms with Gasteiger partial charge in [0.1, 0.15) is 11.9 Å². The zero-order valence-corrected chi connectivity index (χ0v) is 13.5. The molecule has 0 spiro atoms. The predicted octanol–water partition coefficient (Wildman–Crippen LogP) is 1.36. The molecule has 25 heavy (non-hydrogen) atoms. The van der Waals surface area contributed by atoms with Gasteiger partial charge in [-0.1, -0.05) is 0 Å². The lowest BCUT2D eigenvalue weighted by atomic mass is 10.2. The van der Waals surface area contributed by atoms with Crippen LogP contribution in [-0.4, -0.2) is 44.9 Å². The number of nitrogens with zero attached hydrogens (tertiary/aromatic N) is 4. The maximum atomic E-state index is 13.0. The average Bonchev–Trinajstić information content (AvgIpc) is 3.33. The summed E-state index contributed by atoms with van der Waals surface area (Å²) in [6, 6.07) is 7.95. The van der Waals surface area contributed by atoms with Crippen LogP contribution in [0.5, 0.6) is 5.75 Å². The molecule has 1 aliphatic rings. The van der Waals surface area contributed by atoms with Crippen molar-refractivity contribution in [1.29, 1.82) is 0 Å². The molecule has 4 rings (SSSR count). The molecule has 1 fully saturated rings. The van der Waals surface area contributed by atoms with Crippen LogP contribution in [0, 0.1) is 5.82 Å². The minimum Gasteiger partial charge on any atom is -0.483 e. The third-order valence-electron chi connectivity index (χ3n) is 4.03. The van der Waals surface area contributed by atoms with Gasteiger partial charge in [-0.05, 0) is 30.3 Å². The Morgan fingerprint density at radius 3 is 2.84 bits per heavy atom. The van der Waals surface area contributed by atoms with Crippen molar-refractivity contribution in [3.63, 3.8) is 0 Å². The standard InChI is InChI=1S/C17H18FN5O2/c18-12-1-3-14(4-2-12)23-6-5-13(21-23)8-22-9-15(7-20-22)25-17-11-24-10-16(17)19/h1-7,9,16-17H,8,10-11,19H2/t16-,17+/m0/s1. The van der Waals surface area contributed by atoms with Crippen molar-refractivity contribution in [2.75, 3.05) is 13.2 Å². The maximum Gasteiger partial charge on any atom is 0.157 e. The van der Waals surface area contributed by atoms with Crippen molar-refractivity contribution in [3.05, 3.63) is 60.4 Å². The van der Waals surface area contributed by atoms with Crippen LogP contribution >= 0.6 is 0 Å². The molecule has 0 unspecified atom stereocenters. The molecule has 1 saturated heterocycles. The summed E-state index contributed by atoms with van der Waals surface area (Å²) in [7, 11) is 0. The molecule has 130 valence electrons. The fourth-order valence-corrected chi connectivity index (χ4v) is 2.69. The molecule has 2 atom stereocenters. The third kappa shape index (κ3) is 3.54. The van der Waals surface area contributed by atoms with Crippen LogP contribution in [0.2, 0.25) is 0 Å². The van der Waals surface area contributed by atoms with Gasteiger partial charge < -0.3 is 15.2 Å². The summed E-state index contributed by atoms with van der Waals surface area (Å²) in [4.78, 5) is 0. The van der Waals surface area contributed by atoms with E-state index in [-0.39, 0.29) is 18.0 Å². The second kappa shape index (κ2) is 6.66. The molecular formula is C17H18FN5O2. The maximum absolute atomic E-state index is 13.0. The fraction of sp³-hybridized carbons (Fsp3) is 0.294. The van der Waals surface area contributed by atoms with Gasteiger partial charge in [0.15, 0.2) is 5.75 Å². The lowest BCUT2D eigenvalue weighted by Gasteiger charge is -2.13. The van der Waals surface area contributed by atoms with E-state index in [1.807, 2.05) is 18.5 Å². The molecule has 0 amide bonds. The minimum atomic E-state index is -0.271. The summed E-state index contributed by atoms with van der Waals surface area (Å²) in [5.74, 6) is 0.386. The van der Waals surface area contributed by atoms with Crippen molar-refractivity contribution in [1.82, 2.24) is 19.6 Å². The highest BCUT2D eigenvalue weighted by Crippen LogP contribution is 2.16. The molecular weight excluding hydrogens is 325 g/mol. The van der Waals surface area contributed by atoms with E-state index in [1.165, 1.54) is 12.1 Å². The number of nitrogens with two attached hydrogens (primary N) is 1. The Labute approximate surface area is 143 Å². The highest BCUT2D eigenvalue weighted by atomic mass is 19.1. The Kier molecular flexibility index (Phi) is 4.21. The summed E-state index contributed by atoms with van der Waals surface area (Å²) in [6.07, 6.45) is 5.15. The van der Waals surface area contributed by atoms with Crippen molar-refractivity contribution in [2.24, 2.45) is 5.73 Å². The van der Waals surface area contributed by atoms with E-state index >= 15 is 0 Å². The highest BCUT2D eigenvalue weighted by molar-refractivity contribution is 5.31. The van der Waals surface area contributed by atoms with Gasteiger partial charge in [0.05, 0.1) is 49.6 Å². The highest BCUT2D eigenvalue weighted by Gasteiger charge is 2.26. The smallest absolute Gasteiger partial charge is 0.157 e. The molecule has 0 bridgehead atoms. The van der Waals surface area contributed by atoms with E-state index < -0.39 is 0 Å². The van der Waals surface area contributed by atoms with Crippen LogP contribution < -0.4 is 10.5 Å². The van der Waals surface area contributed by atoms with Crippen LogP contribution in [-0.2, 0) is 11.3 Å². The summed E-state index contributed by atoms with van der Waals surface area (Å²) in [6.45, 7) is 1.51. The SMILES string of the molecule is N[C@H]1COC[C@H]1Oc1cnn(Cc2ccn(-c3ccc(F)cc3)n2)c1. The van der Waals surface area contributed by atoms with Crippen molar-refractivity contribution < 1.29 is 13.9 Å². The summed E-state index contributed by atoms with van der Waals surface area (Å²) in [5.41, 5.74) is 7.54. The van der Waals surface area contributed by atoms with Crippen LogP contribution in [0.3, 0.4) is 0 Å². The molecule has 3 aromatic rings. The van der Waals surface area contributed by atoms with Gasteiger partial charge in [-0.25, -0.2) is 9.07 Å². The topological polar surface area (TPSA) is 80.1 Å². The van der Waals surface area contributed by atoms with Crippen molar-refractivity contribution >= 4 is 0 Å².